The van der Waals surface area contributed by atoms with Crippen molar-refractivity contribution in [2.75, 3.05) is 33.0 Å². The zero-order valence-corrected chi connectivity index (χ0v) is 21.3. The molecule has 5 nitrogen and oxygen atoms in total. The van der Waals surface area contributed by atoms with Crippen LogP contribution in [0, 0.1) is 5.82 Å². The molecule has 0 aromatic heterocycles. The van der Waals surface area contributed by atoms with Gasteiger partial charge in [0, 0.05) is 31.5 Å². The number of hydrogen-bond donors (Lipinski definition) is 0. The van der Waals surface area contributed by atoms with Gasteiger partial charge in [0.2, 0.25) is 5.90 Å². The van der Waals surface area contributed by atoms with Crippen molar-refractivity contribution in [1.29, 1.82) is 0 Å². The topological polar surface area (TPSA) is 46.4 Å². The highest BCUT2D eigenvalue weighted by Crippen LogP contribution is 2.26. The van der Waals surface area contributed by atoms with Crippen LogP contribution in [0.3, 0.4) is 0 Å². The number of amidine groups is 1. The molecule has 2 aromatic carbocycles. The number of halogens is 2. The van der Waals surface area contributed by atoms with Crippen molar-refractivity contribution in [3.63, 3.8) is 0 Å². The van der Waals surface area contributed by atoms with Crippen molar-refractivity contribution in [3.8, 4) is 0 Å². The lowest BCUT2D eigenvalue weighted by Gasteiger charge is -2.26. The summed E-state index contributed by atoms with van der Waals surface area (Å²) in [4.78, 5) is 11.1. The van der Waals surface area contributed by atoms with Crippen LogP contribution in [0.2, 0.25) is 0 Å². The Morgan fingerprint density at radius 3 is 2.63 bits per heavy atom. The van der Waals surface area contributed by atoms with E-state index in [0.29, 0.717) is 25.1 Å². The fourth-order valence-corrected chi connectivity index (χ4v) is 4.79. The summed E-state index contributed by atoms with van der Waals surface area (Å²) in [7, 11) is 3.40. The number of nitrogens with zero attached hydrogens (tertiary/aromatic N) is 3. The summed E-state index contributed by atoms with van der Waals surface area (Å²) in [5.74, 6) is 0.148. The molecule has 8 heteroatoms. The molecule has 0 spiro atoms. The van der Waals surface area contributed by atoms with E-state index in [0.717, 1.165) is 22.9 Å². The molecule has 0 amide bonds. The van der Waals surface area contributed by atoms with Crippen LogP contribution >= 0.6 is 11.8 Å². The summed E-state index contributed by atoms with van der Waals surface area (Å²) in [6.07, 6.45) is 2.61. The van der Waals surface area contributed by atoms with Gasteiger partial charge in [0.25, 0.3) is 0 Å². The van der Waals surface area contributed by atoms with E-state index in [1.165, 1.54) is 19.3 Å². The molecular weight excluding hydrogens is 468 g/mol. The van der Waals surface area contributed by atoms with Crippen LogP contribution < -0.4 is 0 Å². The van der Waals surface area contributed by atoms with Crippen molar-refractivity contribution < 1.29 is 18.3 Å². The number of benzene rings is 2. The third-order valence-corrected chi connectivity index (χ3v) is 6.69. The maximum absolute atomic E-state index is 14.1. The summed E-state index contributed by atoms with van der Waals surface area (Å²) in [5.41, 5.74) is 1.60. The lowest BCUT2D eigenvalue weighted by atomic mass is 10.1. The fourth-order valence-electron chi connectivity index (χ4n) is 3.76. The average molecular weight is 502 g/mol. The first kappa shape index (κ1) is 26.9. The molecule has 1 aliphatic heterocycles. The first-order chi connectivity index (χ1) is 17.0. The third-order valence-electron chi connectivity index (χ3n) is 5.55. The molecule has 0 radical (unpaired) electrons. The van der Waals surface area contributed by atoms with Gasteiger partial charge in [0.05, 0.1) is 25.9 Å². The minimum atomic E-state index is -0.412. The van der Waals surface area contributed by atoms with Crippen LogP contribution in [-0.2, 0) is 16.1 Å². The van der Waals surface area contributed by atoms with Crippen molar-refractivity contribution >= 4 is 22.8 Å². The van der Waals surface area contributed by atoms with Gasteiger partial charge in [-0.3, -0.25) is 4.99 Å². The second kappa shape index (κ2) is 14.0. The lowest BCUT2D eigenvalue weighted by Crippen LogP contribution is -2.34. The molecule has 1 aliphatic rings. The van der Waals surface area contributed by atoms with E-state index in [1.54, 1.807) is 23.9 Å². The molecule has 0 saturated carbocycles. The van der Waals surface area contributed by atoms with E-state index in [1.807, 2.05) is 50.4 Å². The monoisotopic (exact) mass is 501 g/mol. The van der Waals surface area contributed by atoms with Crippen LogP contribution in [0.15, 0.2) is 76.5 Å². The van der Waals surface area contributed by atoms with Crippen LogP contribution in [0.1, 0.15) is 37.0 Å². The SMILES string of the molecule is CCN=C(SCCC(OCc1ccccc1F)c1ccccc1)N(C)CC1CC=C(F)C(OC)=N1. The first-order valence-electron chi connectivity index (χ1n) is 11.8. The van der Waals surface area contributed by atoms with Crippen molar-refractivity contribution in [2.24, 2.45) is 9.98 Å². The maximum Gasteiger partial charge on any atom is 0.245 e. The molecule has 3 rings (SSSR count). The van der Waals surface area contributed by atoms with E-state index in [-0.39, 0.29) is 30.5 Å². The molecule has 0 N–H and O–H groups in total. The Hall–Kier alpha value is -2.71. The van der Waals surface area contributed by atoms with Crippen LogP contribution in [0.5, 0.6) is 0 Å². The number of rotatable bonds is 10. The normalized spacial score (nSPS) is 16.9. The molecule has 35 heavy (non-hydrogen) atoms. The van der Waals surface area contributed by atoms with Gasteiger partial charge >= 0.3 is 0 Å². The number of thioether (sulfide) groups is 1. The third kappa shape index (κ3) is 8.18. The Labute approximate surface area is 210 Å². The molecule has 0 saturated heterocycles. The van der Waals surface area contributed by atoms with E-state index >= 15 is 0 Å². The summed E-state index contributed by atoms with van der Waals surface area (Å²) in [6, 6.07) is 16.6. The summed E-state index contributed by atoms with van der Waals surface area (Å²) in [5, 5.41) is 0.901. The summed E-state index contributed by atoms with van der Waals surface area (Å²) >= 11 is 1.65. The molecule has 2 atom stereocenters. The summed E-state index contributed by atoms with van der Waals surface area (Å²) in [6.45, 7) is 3.47. The largest absolute Gasteiger partial charge is 0.479 e. The predicted octanol–water partition coefficient (Wildman–Crippen LogP) is 6.19. The highest BCUT2D eigenvalue weighted by atomic mass is 32.2. The molecule has 0 bridgehead atoms. The van der Waals surface area contributed by atoms with E-state index < -0.39 is 5.83 Å². The predicted molar refractivity (Wildman–Crippen MR) is 140 cm³/mol. The van der Waals surface area contributed by atoms with Crippen LogP contribution in [0.4, 0.5) is 8.78 Å². The van der Waals surface area contributed by atoms with Gasteiger partial charge in [-0.05, 0) is 37.5 Å². The Morgan fingerprint density at radius 2 is 1.91 bits per heavy atom. The molecule has 0 fully saturated rings. The lowest BCUT2D eigenvalue weighted by molar-refractivity contribution is 0.0364. The zero-order valence-electron chi connectivity index (χ0n) is 20.5. The number of aliphatic imine (C=N–C) groups is 2. The van der Waals surface area contributed by atoms with Gasteiger partial charge in [-0.15, -0.1) is 0 Å². The first-order valence-corrected chi connectivity index (χ1v) is 12.8. The molecule has 1 heterocycles. The Balaban J connectivity index is 1.60. The van der Waals surface area contributed by atoms with Crippen molar-refractivity contribution in [1.82, 2.24) is 4.90 Å². The van der Waals surface area contributed by atoms with Crippen LogP contribution in [0.25, 0.3) is 0 Å². The zero-order chi connectivity index (χ0) is 25.0. The number of dihydropyridines is 1. The van der Waals surface area contributed by atoms with E-state index in [2.05, 4.69) is 14.9 Å². The minimum absolute atomic E-state index is 0.0500. The van der Waals surface area contributed by atoms with Crippen molar-refractivity contribution in [3.05, 3.63) is 83.4 Å². The minimum Gasteiger partial charge on any atom is -0.479 e. The molecule has 0 aliphatic carbocycles. The Morgan fingerprint density at radius 1 is 1.17 bits per heavy atom. The second-order valence-corrected chi connectivity index (χ2v) is 9.22. The van der Waals surface area contributed by atoms with Gasteiger partial charge in [-0.25, -0.2) is 13.8 Å². The molecule has 2 unspecified atom stereocenters. The van der Waals surface area contributed by atoms with Gasteiger partial charge in [-0.2, -0.15) is 0 Å². The van der Waals surface area contributed by atoms with Gasteiger partial charge in [-0.1, -0.05) is 60.3 Å². The Bertz CT molecular complexity index is 1030. The maximum atomic E-state index is 14.1. The Kier molecular flexibility index (Phi) is 10.8. The highest BCUT2D eigenvalue weighted by molar-refractivity contribution is 8.13. The summed E-state index contributed by atoms with van der Waals surface area (Å²) < 4.78 is 39.0. The number of ether oxygens (including phenoxy) is 2. The van der Waals surface area contributed by atoms with Gasteiger partial charge in [0.1, 0.15) is 5.82 Å². The highest BCUT2D eigenvalue weighted by Gasteiger charge is 2.21. The molecule has 188 valence electrons. The van der Waals surface area contributed by atoms with Crippen LogP contribution in [-0.4, -0.2) is 55.0 Å². The number of methoxy groups -OCH3 is 1. The fraction of sp³-hybridized carbons (Fsp3) is 0.407. The van der Waals surface area contributed by atoms with Gasteiger partial charge in [0.15, 0.2) is 11.0 Å². The molecule has 2 aromatic rings. The average Bonchev–Trinajstić information content (AvgIpc) is 2.88. The smallest absolute Gasteiger partial charge is 0.245 e. The standard InChI is InChI=1S/C27H33F2N3O2S/c1-4-30-27(32(2)18-22-14-15-24(29)26(31-22)33-3)35-17-16-25(20-10-6-5-7-11-20)34-19-21-12-8-9-13-23(21)28/h5-13,15,22,25H,4,14,16-19H2,1-3H3. The van der Waals surface area contributed by atoms with Crippen molar-refractivity contribution in [2.45, 2.75) is 38.5 Å². The van der Waals surface area contributed by atoms with Gasteiger partial charge < -0.3 is 14.4 Å². The van der Waals surface area contributed by atoms with E-state index in [9.17, 15) is 8.78 Å². The quantitative estimate of drug-likeness (QED) is 0.288. The molecular formula is C27H33F2N3O2S. The van der Waals surface area contributed by atoms with E-state index in [4.69, 9.17) is 9.47 Å². The second-order valence-electron chi connectivity index (χ2n) is 8.16. The number of hydrogen-bond acceptors (Lipinski definition) is 5. The number of likely N-dealkylation sites (N-methyl/N-ethyl adjacent to an activating group) is 1.